The smallest absolute Gasteiger partial charge is 0.0943 e. The highest BCUT2D eigenvalue weighted by atomic mass is 16.3. The van der Waals surface area contributed by atoms with E-state index in [-0.39, 0.29) is 6.61 Å². The lowest BCUT2D eigenvalue weighted by Crippen LogP contribution is -2.78. The molecule has 0 fully saturated rings. The standard InChI is InChI=1S/C9H18N2O/c1-2-4-9(10)5-7-11-6-3-8-12/h5,7,10-12H,2-4,6,8H2,1H3/p+1/b7-5-,10-9?. The van der Waals surface area contributed by atoms with Gasteiger partial charge in [-0.25, -0.2) is 0 Å². The molecule has 0 bridgehead atoms. The number of nitrogens with two attached hydrogens (primary N) is 1. The molecule has 0 aliphatic heterocycles. The van der Waals surface area contributed by atoms with Gasteiger partial charge in [0.2, 0.25) is 0 Å². The third-order valence-corrected chi connectivity index (χ3v) is 1.48. The lowest BCUT2D eigenvalue weighted by atomic mass is 10.2. The molecular weight excluding hydrogens is 152 g/mol. The molecule has 0 saturated heterocycles. The summed E-state index contributed by atoms with van der Waals surface area (Å²) in [4.78, 5) is 0. The van der Waals surface area contributed by atoms with Crippen molar-refractivity contribution in [3.05, 3.63) is 12.3 Å². The summed E-state index contributed by atoms with van der Waals surface area (Å²) in [5, 5.41) is 17.9. The average Bonchev–Trinajstić information content (AvgIpc) is 2.05. The van der Waals surface area contributed by atoms with E-state index in [1.165, 1.54) is 0 Å². The molecule has 0 aromatic rings. The number of aliphatic hydroxyl groups excluding tert-OH is 1. The molecule has 0 atom stereocenters. The van der Waals surface area contributed by atoms with Crippen LogP contribution in [0.1, 0.15) is 26.2 Å². The summed E-state index contributed by atoms with van der Waals surface area (Å²) in [6.07, 6.45) is 6.41. The van der Waals surface area contributed by atoms with Gasteiger partial charge in [-0.2, -0.15) is 0 Å². The molecule has 0 heterocycles. The average molecular weight is 171 g/mol. The van der Waals surface area contributed by atoms with Crippen molar-refractivity contribution in [2.24, 2.45) is 0 Å². The zero-order chi connectivity index (χ0) is 9.23. The van der Waals surface area contributed by atoms with E-state index in [9.17, 15) is 0 Å². The predicted molar refractivity (Wildman–Crippen MR) is 50.3 cm³/mol. The Balaban J connectivity index is 3.29. The minimum Gasteiger partial charge on any atom is -0.396 e. The third kappa shape index (κ3) is 7.44. The molecular formula is C9H19N2O+. The second-order valence-corrected chi connectivity index (χ2v) is 2.74. The minimum absolute atomic E-state index is 0.247. The summed E-state index contributed by atoms with van der Waals surface area (Å²) in [6, 6.07) is 0. The first-order valence-corrected chi connectivity index (χ1v) is 4.49. The van der Waals surface area contributed by atoms with Crippen molar-refractivity contribution < 1.29 is 10.4 Å². The lowest BCUT2D eigenvalue weighted by Gasteiger charge is -1.93. The molecule has 0 saturated carbocycles. The summed E-state index contributed by atoms with van der Waals surface area (Å²) >= 11 is 0. The number of hydrogen-bond donors (Lipinski definition) is 3. The van der Waals surface area contributed by atoms with Gasteiger partial charge in [-0.15, -0.1) is 0 Å². The van der Waals surface area contributed by atoms with Gasteiger partial charge < -0.3 is 15.8 Å². The Morgan fingerprint density at radius 2 is 2.33 bits per heavy atom. The number of hydrogen-bond acceptors (Lipinski definition) is 2. The monoisotopic (exact) mass is 171 g/mol. The van der Waals surface area contributed by atoms with Crippen molar-refractivity contribution in [1.29, 1.82) is 5.41 Å². The van der Waals surface area contributed by atoms with Gasteiger partial charge in [0.1, 0.15) is 0 Å². The molecule has 0 radical (unpaired) electrons. The fourth-order valence-electron chi connectivity index (χ4n) is 0.842. The van der Waals surface area contributed by atoms with Crippen LogP contribution in [0.3, 0.4) is 0 Å². The maximum Gasteiger partial charge on any atom is 0.0943 e. The van der Waals surface area contributed by atoms with Crippen molar-refractivity contribution in [3.8, 4) is 0 Å². The molecule has 0 aliphatic carbocycles. The first-order chi connectivity index (χ1) is 5.81. The fourth-order valence-corrected chi connectivity index (χ4v) is 0.842. The van der Waals surface area contributed by atoms with E-state index < -0.39 is 0 Å². The van der Waals surface area contributed by atoms with Crippen LogP contribution in [0.15, 0.2) is 12.3 Å². The quantitative estimate of drug-likeness (QED) is 0.373. The normalized spacial score (nSPS) is 10.8. The van der Waals surface area contributed by atoms with Crippen LogP contribution >= 0.6 is 0 Å². The van der Waals surface area contributed by atoms with Gasteiger partial charge in [-0.1, -0.05) is 13.3 Å². The fraction of sp³-hybridized carbons (Fsp3) is 0.667. The SMILES string of the molecule is CCCC(=N)/C=C\[NH2+]CCCO. The molecule has 0 spiro atoms. The number of rotatable bonds is 7. The Labute approximate surface area is 74.0 Å². The zero-order valence-corrected chi connectivity index (χ0v) is 7.71. The number of aliphatic hydroxyl groups is 1. The molecule has 0 amide bonds. The van der Waals surface area contributed by atoms with Crippen LogP contribution in [0, 0.1) is 5.41 Å². The summed E-state index contributed by atoms with van der Waals surface area (Å²) in [7, 11) is 0. The largest absolute Gasteiger partial charge is 0.396 e. The molecule has 0 unspecified atom stereocenters. The second-order valence-electron chi connectivity index (χ2n) is 2.74. The van der Waals surface area contributed by atoms with Gasteiger partial charge in [0.05, 0.1) is 12.7 Å². The van der Waals surface area contributed by atoms with E-state index >= 15 is 0 Å². The maximum absolute atomic E-state index is 8.47. The highest BCUT2D eigenvalue weighted by Crippen LogP contribution is 1.88. The molecule has 4 N–H and O–H groups in total. The first kappa shape index (κ1) is 11.3. The van der Waals surface area contributed by atoms with Gasteiger partial charge in [0, 0.05) is 24.8 Å². The maximum atomic E-state index is 8.47. The zero-order valence-electron chi connectivity index (χ0n) is 7.71. The van der Waals surface area contributed by atoms with Crippen LogP contribution in [0.4, 0.5) is 0 Å². The molecule has 0 aromatic heterocycles. The van der Waals surface area contributed by atoms with E-state index in [1.54, 1.807) is 0 Å². The van der Waals surface area contributed by atoms with E-state index in [0.717, 1.165) is 25.8 Å². The molecule has 70 valence electrons. The van der Waals surface area contributed by atoms with Crippen LogP contribution < -0.4 is 5.32 Å². The van der Waals surface area contributed by atoms with Gasteiger partial charge >= 0.3 is 0 Å². The van der Waals surface area contributed by atoms with Crippen molar-refractivity contribution >= 4 is 5.71 Å². The van der Waals surface area contributed by atoms with E-state index in [4.69, 9.17) is 10.5 Å². The van der Waals surface area contributed by atoms with Crippen LogP contribution in [-0.2, 0) is 0 Å². The van der Waals surface area contributed by atoms with Crippen LogP contribution in [0.2, 0.25) is 0 Å². The molecule has 3 heteroatoms. The van der Waals surface area contributed by atoms with Crippen LogP contribution in [0.25, 0.3) is 0 Å². The number of nitrogens with one attached hydrogen (secondary N) is 1. The summed E-state index contributed by atoms with van der Waals surface area (Å²) in [5.74, 6) is 0. The Hall–Kier alpha value is -0.670. The Bertz CT molecular complexity index is 143. The second kappa shape index (κ2) is 8.43. The van der Waals surface area contributed by atoms with Crippen molar-refractivity contribution in [2.75, 3.05) is 13.2 Å². The van der Waals surface area contributed by atoms with Gasteiger partial charge in [-0.3, -0.25) is 0 Å². The van der Waals surface area contributed by atoms with Gasteiger partial charge in [0.15, 0.2) is 0 Å². The highest BCUT2D eigenvalue weighted by molar-refractivity contribution is 5.91. The topological polar surface area (TPSA) is 60.7 Å². The van der Waals surface area contributed by atoms with Gasteiger partial charge in [0.25, 0.3) is 0 Å². The molecule has 0 rings (SSSR count). The number of quaternary nitrogens is 1. The van der Waals surface area contributed by atoms with Crippen LogP contribution in [0.5, 0.6) is 0 Å². The molecule has 0 aromatic carbocycles. The third-order valence-electron chi connectivity index (χ3n) is 1.48. The molecule has 0 aliphatic rings. The van der Waals surface area contributed by atoms with E-state index in [0.29, 0.717) is 5.71 Å². The highest BCUT2D eigenvalue weighted by Gasteiger charge is 1.89. The lowest BCUT2D eigenvalue weighted by molar-refractivity contribution is -0.588. The number of allylic oxidation sites excluding steroid dienone is 1. The van der Waals surface area contributed by atoms with Crippen LogP contribution in [-0.4, -0.2) is 24.0 Å². The van der Waals surface area contributed by atoms with E-state index in [1.807, 2.05) is 17.6 Å². The predicted octanol–water partition coefficient (Wildman–Crippen LogP) is 0.266. The molecule has 12 heavy (non-hydrogen) atoms. The van der Waals surface area contributed by atoms with E-state index in [2.05, 4.69) is 6.92 Å². The molecule has 3 nitrogen and oxygen atoms in total. The minimum atomic E-state index is 0.247. The van der Waals surface area contributed by atoms with Gasteiger partial charge in [-0.05, 0) is 6.42 Å². The van der Waals surface area contributed by atoms with Crippen molar-refractivity contribution in [1.82, 2.24) is 0 Å². The Morgan fingerprint density at radius 1 is 1.58 bits per heavy atom. The summed E-state index contributed by atoms with van der Waals surface area (Å²) in [6.45, 7) is 3.21. The summed E-state index contributed by atoms with van der Waals surface area (Å²) < 4.78 is 0. The Morgan fingerprint density at radius 3 is 2.92 bits per heavy atom. The summed E-state index contributed by atoms with van der Waals surface area (Å²) in [5.41, 5.74) is 0.678. The van der Waals surface area contributed by atoms with Crippen molar-refractivity contribution in [2.45, 2.75) is 26.2 Å². The van der Waals surface area contributed by atoms with Crippen molar-refractivity contribution in [3.63, 3.8) is 0 Å². The first-order valence-electron chi connectivity index (χ1n) is 4.49. The Kier molecular flexibility index (Phi) is 7.96.